The topological polar surface area (TPSA) is 49.9 Å². The Hall–Kier alpha value is -2.96. The third-order valence-corrected chi connectivity index (χ3v) is 7.40. The highest BCUT2D eigenvalue weighted by molar-refractivity contribution is 7.10. The van der Waals surface area contributed by atoms with E-state index >= 15 is 0 Å². The van der Waals surface area contributed by atoms with Crippen LogP contribution in [0.15, 0.2) is 66.0 Å². The van der Waals surface area contributed by atoms with E-state index in [4.69, 9.17) is 4.74 Å². The first-order valence-electron chi connectivity index (χ1n) is 11.9. The summed E-state index contributed by atoms with van der Waals surface area (Å²) in [5.74, 6) is -0.141. The molecule has 1 aromatic heterocycles. The molecule has 1 atom stereocenters. The molecule has 0 radical (unpaired) electrons. The first-order chi connectivity index (χ1) is 16.6. The zero-order valence-corrected chi connectivity index (χ0v) is 20.7. The van der Waals surface area contributed by atoms with E-state index in [-0.39, 0.29) is 24.4 Å². The van der Waals surface area contributed by atoms with Crippen LogP contribution >= 0.6 is 11.3 Å². The number of benzene rings is 2. The van der Waals surface area contributed by atoms with Crippen molar-refractivity contribution < 1.29 is 14.3 Å². The number of ether oxygens (including phenoxy) is 1. The van der Waals surface area contributed by atoms with E-state index in [1.54, 1.807) is 23.3 Å². The molecular weight excluding hydrogens is 444 g/mol. The SMILES string of the molecule is CCc1ccc(C(=O)N(CCCOC)CC(=O)N2CCc3sccc3C2c2ccccc2)cc1. The summed E-state index contributed by atoms with van der Waals surface area (Å²) in [7, 11) is 1.65. The molecule has 0 N–H and O–H groups in total. The molecule has 1 aliphatic rings. The molecule has 4 rings (SSSR count). The van der Waals surface area contributed by atoms with Crippen LogP contribution < -0.4 is 0 Å². The number of rotatable bonds is 9. The summed E-state index contributed by atoms with van der Waals surface area (Å²) in [5.41, 5.74) is 4.09. The first kappa shape index (κ1) is 24.2. The molecule has 0 bridgehead atoms. The number of fused-ring (bicyclic) bond motifs is 1. The van der Waals surface area contributed by atoms with Crippen molar-refractivity contribution in [1.82, 2.24) is 9.80 Å². The van der Waals surface area contributed by atoms with E-state index in [9.17, 15) is 9.59 Å². The number of hydrogen-bond donors (Lipinski definition) is 0. The average molecular weight is 477 g/mol. The lowest BCUT2D eigenvalue weighted by Crippen LogP contribution is -2.47. The second-order valence-electron chi connectivity index (χ2n) is 8.57. The van der Waals surface area contributed by atoms with Gasteiger partial charge in [0.25, 0.3) is 5.91 Å². The van der Waals surface area contributed by atoms with Crippen molar-refractivity contribution in [1.29, 1.82) is 0 Å². The lowest BCUT2D eigenvalue weighted by atomic mass is 9.93. The molecule has 2 heterocycles. The Morgan fingerprint density at radius 1 is 1.09 bits per heavy atom. The normalized spacial score (nSPS) is 15.1. The number of carbonyl (C=O) groups is 2. The van der Waals surface area contributed by atoms with Crippen LogP contribution in [0, 0.1) is 0 Å². The average Bonchev–Trinajstić information content (AvgIpc) is 3.36. The summed E-state index contributed by atoms with van der Waals surface area (Å²) in [6, 6.07) is 19.9. The number of aryl methyl sites for hydroxylation is 1. The van der Waals surface area contributed by atoms with Crippen molar-refractivity contribution in [3.05, 3.63) is 93.2 Å². The fourth-order valence-corrected chi connectivity index (χ4v) is 5.46. The van der Waals surface area contributed by atoms with Crippen molar-refractivity contribution in [3.8, 4) is 0 Å². The lowest BCUT2D eigenvalue weighted by Gasteiger charge is -2.37. The fourth-order valence-electron chi connectivity index (χ4n) is 4.55. The predicted molar refractivity (Wildman–Crippen MR) is 136 cm³/mol. The molecule has 3 aromatic rings. The van der Waals surface area contributed by atoms with E-state index in [1.807, 2.05) is 47.4 Å². The van der Waals surface area contributed by atoms with Crippen molar-refractivity contribution in [2.45, 2.75) is 32.2 Å². The van der Waals surface area contributed by atoms with Gasteiger partial charge in [0.15, 0.2) is 0 Å². The number of thiophene rings is 1. The zero-order chi connectivity index (χ0) is 23.9. The molecule has 1 unspecified atom stereocenters. The van der Waals surface area contributed by atoms with Crippen molar-refractivity contribution in [3.63, 3.8) is 0 Å². The highest BCUT2D eigenvalue weighted by atomic mass is 32.1. The van der Waals surface area contributed by atoms with Gasteiger partial charge in [-0.1, -0.05) is 49.4 Å². The van der Waals surface area contributed by atoms with Crippen LogP contribution in [-0.4, -0.2) is 55.0 Å². The minimum Gasteiger partial charge on any atom is -0.385 e. The van der Waals surface area contributed by atoms with Gasteiger partial charge in [-0.15, -0.1) is 11.3 Å². The Morgan fingerprint density at radius 2 is 1.85 bits per heavy atom. The molecule has 0 aliphatic carbocycles. The first-order valence-corrected chi connectivity index (χ1v) is 12.8. The highest BCUT2D eigenvalue weighted by Gasteiger charge is 2.34. The summed E-state index contributed by atoms with van der Waals surface area (Å²) >= 11 is 1.75. The van der Waals surface area contributed by atoms with Gasteiger partial charge >= 0.3 is 0 Å². The van der Waals surface area contributed by atoms with Gasteiger partial charge in [-0.3, -0.25) is 9.59 Å². The molecule has 0 saturated heterocycles. The number of carbonyl (C=O) groups excluding carboxylic acids is 2. The van der Waals surface area contributed by atoms with E-state index in [0.717, 1.165) is 18.4 Å². The Kier molecular flexibility index (Phi) is 8.14. The molecule has 0 saturated carbocycles. The van der Waals surface area contributed by atoms with Gasteiger partial charge in [0.2, 0.25) is 5.91 Å². The molecule has 6 heteroatoms. The van der Waals surface area contributed by atoms with Gasteiger partial charge in [0, 0.05) is 37.2 Å². The molecule has 34 heavy (non-hydrogen) atoms. The molecular formula is C28H32N2O3S. The van der Waals surface area contributed by atoms with Crippen LogP contribution in [0.25, 0.3) is 0 Å². The second-order valence-corrected chi connectivity index (χ2v) is 9.57. The van der Waals surface area contributed by atoms with Gasteiger partial charge < -0.3 is 14.5 Å². The second kappa shape index (κ2) is 11.4. The molecule has 1 aliphatic heterocycles. The monoisotopic (exact) mass is 476 g/mol. The van der Waals surface area contributed by atoms with E-state index < -0.39 is 0 Å². The van der Waals surface area contributed by atoms with Gasteiger partial charge in [0.1, 0.15) is 6.54 Å². The summed E-state index contributed by atoms with van der Waals surface area (Å²) < 4.78 is 5.20. The van der Waals surface area contributed by atoms with E-state index in [1.165, 1.54) is 16.0 Å². The third-order valence-electron chi connectivity index (χ3n) is 6.40. The van der Waals surface area contributed by atoms with Crippen LogP contribution in [0.3, 0.4) is 0 Å². The van der Waals surface area contributed by atoms with Crippen molar-refractivity contribution >= 4 is 23.2 Å². The molecule has 5 nitrogen and oxygen atoms in total. The molecule has 0 fully saturated rings. The molecule has 2 amide bonds. The third kappa shape index (κ3) is 5.40. The maximum Gasteiger partial charge on any atom is 0.254 e. The van der Waals surface area contributed by atoms with Crippen molar-refractivity contribution in [2.75, 3.05) is 33.4 Å². The molecule has 2 aromatic carbocycles. The maximum absolute atomic E-state index is 13.7. The van der Waals surface area contributed by atoms with E-state index in [2.05, 4.69) is 30.5 Å². The van der Waals surface area contributed by atoms with Crippen LogP contribution in [0.2, 0.25) is 0 Å². The largest absolute Gasteiger partial charge is 0.385 e. The van der Waals surface area contributed by atoms with E-state index in [0.29, 0.717) is 31.7 Å². The van der Waals surface area contributed by atoms with Crippen LogP contribution in [0.1, 0.15) is 51.3 Å². The Labute approximate surface area is 206 Å². The summed E-state index contributed by atoms with van der Waals surface area (Å²) in [6.07, 6.45) is 2.45. The van der Waals surface area contributed by atoms with Gasteiger partial charge in [-0.05, 0) is 59.5 Å². The molecule has 178 valence electrons. The number of hydrogen-bond acceptors (Lipinski definition) is 4. The predicted octanol–water partition coefficient (Wildman–Crippen LogP) is 4.96. The van der Waals surface area contributed by atoms with Crippen molar-refractivity contribution in [2.24, 2.45) is 0 Å². The highest BCUT2D eigenvalue weighted by Crippen LogP contribution is 2.37. The van der Waals surface area contributed by atoms with Crippen LogP contribution in [-0.2, 0) is 22.4 Å². The fraction of sp³-hybridized carbons (Fsp3) is 0.357. The summed E-state index contributed by atoms with van der Waals surface area (Å²) in [6.45, 7) is 3.81. The maximum atomic E-state index is 13.7. The minimum absolute atomic E-state index is 0.0263. The number of amides is 2. The quantitative estimate of drug-likeness (QED) is 0.410. The summed E-state index contributed by atoms with van der Waals surface area (Å²) in [4.78, 5) is 32.0. The lowest BCUT2D eigenvalue weighted by molar-refractivity contribution is -0.134. The molecule has 0 spiro atoms. The van der Waals surface area contributed by atoms with Gasteiger partial charge in [-0.2, -0.15) is 0 Å². The standard InChI is InChI=1S/C28H32N2O3S/c1-3-21-10-12-23(13-11-21)28(32)29(16-7-18-33-2)20-26(31)30-17-14-25-24(15-19-34-25)27(30)22-8-5-4-6-9-22/h4-6,8-13,15,19,27H,3,7,14,16-18,20H2,1-2H3. The van der Waals surface area contributed by atoms with Crippen LogP contribution in [0.5, 0.6) is 0 Å². The van der Waals surface area contributed by atoms with Crippen LogP contribution in [0.4, 0.5) is 0 Å². The zero-order valence-electron chi connectivity index (χ0n) is 19.9. The Balaban J connectivity index is 1.57. The number of methoxy groups -OCH3 is 1. The summed E-state index contributed by atoms with van der Waals surface area (Å²) in [5, 5.41) is 2.11. The minimum atomic E-state index is -0.122. The number of nitrogens with zero attached hydrogens (tertiary/aromatic N) is 2. The smallest absolute Gasteiger partial charge is 0.254 e. The van der Waals surface area contributed by atoms with Gasteiger partial charge in [-0.25, -0.2) is 0 Å². The Bertz CT molecular complexity index is 1090. The Morgan fingerprint density at radius 3 is 2.56 bits per heavy atom. The van der Waals surface area contributed by atoms with Gasteiger partial charge in [0.05, 0.1) is 6.04 Å².